The second-order valence-electron chi connectivity index (χ2n) is 15.1. The SMILES string of the molecule is C[C@@H]1[C@@H]([Si](C)(C)F)[C@H](CC(=O)N2Cc3ccccc3C[C@H]2CO)O[C@@]12C(=O)N(Cc1ccc(N3CCCCCCC3=O)cc1)c1ccccc12. The van der Waals surface area contributed by atoms with Crippen molar-refractivity contribution in [1.82, 2.24) is 4.90 Å². The molecule has 3 aromatic rings. The second kappa shape index (κ2) is 13.7. The van der Waals surface area contributed by atoms with Gasteiger partial charge in [0.1, 0.15) is 0 Å². The van der Waals surface area contributed by atoms with Crippen molar-refractivity contribution in [1.29, 1.82) is 0 Å². The molecule has 5 atom stereocenters. The third-order valence-electron chi connectivity index (χ3n) is 11.5. The summed E-state index contributed by atoms with van der Waals surface area (Å²) in [6.45, 7) is 6.39. The molecule has 50 heavy (non-hydrogen) atoms. The zero-order valence-electron chi connectivity index (χ0n) is 29.3. The minimum Gasteiger partial charge on any atom is -0.394 e. The van der Waals surface area contributed by atoms with Crippen LogP contribution in [0.1, 0.15) is 67.7 Å². The molecule has 0 unspecified atom stereocenters. The van der Waals surface area contributed by atoms with E-state index in [-0.39, 0.29) is 43.3 Å². The van der Waals surface area contributed by atoms with Gasteiger partial charge in [0.05, 0.1) is 37.4 Å². The smallest absolute Gasteiger partial charge is 0.264 e. The zero-order valence-corrected chi connectivity index (χ0v) is 30.3. The van der Waals surface area contributed by atoms with Gasteiger partial charge in [-0.05, 0) is 67.2 Å². The van der Waals surface area contributed by atoms with E-state index < -0.39 is 31.6 Å². The number of ether oxygens (including phenoxy) is 1. The third-order valence-corrected chi connectivity index (χ3v) is 14.0. The van der Waals surface area contributed by atoms with E-state index in [4.69, 9.17) is 4.74 Å². The lowest BCUT2D eigenvalue weighted by Crippen LogP contribution is -2.48. The van der Waals surface area contributed by atoms with Gasteiger partial charge in [-0.1, -0.05) is 74.4 Å². The number of nitrogens with zero attached hydrogens (tertiary/aromatic N) is 3. The van der Waals surface area contributed by atoms with Crippen LogP contribution in [0.25, 0.3) is 0 Å². The van der Waals surface area contributed by atoms with Gasteiger partial charge in [-0.25, -0.2) is 0 Å². The Morgan fingerprint density at radius 2 is 1.66 bits per heavy atom. The number of rotatable bonds is 7. The maximum absolute atomic E-state index is 16.4. The van der Waals surface area contributed by atoms with Crippen LogP contribution in [0.2, 0.25) is 18.6 Å². The average molecular weight is 698 g/mol. The van der Waals surface area contributed by atoms with Crippen LogP contribution in [-0.4, -0.2) is 61.4 Å². The summed E-state index contributed by atoms with van der Waals surface area (Å²) in [7, 11) is -3.47. The van der Waals surface area contributed by atoms with Crippen LogP contribution >= 0.6 is 0 Å². The van der Waals surface area contributed by atoms with Crippen molar-refractivity contribution in [2.75, 3.05) is 23.0 Å². The fourth-order valence-corrected chi connectivity index (χ4v) is 11.6. The summed E-state index contributed by atoms with van der Waals surface area (Å²) >= 11 is 0. The first kappa shape index (κ1) is 34.6. The van der Waals surface area contributed by atoms with E-state index in [1.165, 1.54) is 0 Å². The Morgan fingerprint density at radius 3 is 2.40 bits per heavy atom. The molecule has 264 valence electrons. The van der Waals surface area contributed by atoms with E-state index in [1.807, 2.05) is 84.6 Å². The van der Waals surface area contributed by atoms with Gasteiger partial charge in [0, 0.05) is 42.2 Å². The van der Waals surface area contributed by atoms with Gasteiger partial charge in [0.2, 0.25) is 20.2 Å². The molecular formula is C40H48FN3O5Si. The summed E-state index contributed by atoms with van der Waals surface area (Å²) in [5.41, 5.74) is 3.32. The largest absolute Gasteiger partial charge is 0.394 e. The van der Waals surface area contributed by atoms with Crippen molar-refractivity contribution in [2.45, 2.75) is 101 Å². The minimum absolute atomic E-state index is 0.0676. The van der Waals surface area contributed by atoms with E-state index in [0.29, 0.717) is 31.5 Å². The van der Waals surface area contributed by atoms with Crippen LogP contribution in [-0.2, 0) is 44.2 Å². The molecule has 3 amide bonds. The number of para-hydroxylation sites is 1. The van der Waals surface area contributed by atoms with Gasteiger partial charge < -0.3 is 28.7 Å². The lowest BCUT2D eigenvalue weighted by atomic mass is 9.82. The molecule has 0 aromatic heterocycles. The molecule has 4 aliphatic heterocycles. The maximum Gasteiger partial charge on any atom is 0.264 e. The zero-order chi connectivity index (χ0) is 35.2. The molecule has 2 saturated heterocycles. The average Bonchev–Trinajstić information content (AvgIpc) is 3.52. The third kappa shape index (κ3) is 6.09. The lowest BCUT2D eigenvalue weighted by Gasteiger charge is -2.37. The summed E-state index contributed by atoms with van der Waals surface area (Å²) in [5, 5.41) is 10.3. The molecule has 8 nitrogen and oxygen atoms in total. The molecule has 0 aliphatic carbocycles. The summed E-state index contributed by atoms with van der Waals surface area (Å²) < 4.78 is 23.3. The number of anilines is 2. The van der Waals surface area contributed by atoms with Gasteiger partial charge >= 0.3 is 0 Å². The lowest BCUT2D eigenvalue weighted by molar-refractivity contribution is -0.151. The first-order valence-corrected chi connectivity index (χ1v) is 21.1. The van der Waals surface area contributed by atoms with E-state index in [0.717, 1.165) is 53.7 Å². The second-order valence-corrected chi connectivity index (χ2v) is 18.9. The van der Waals surface area contributed by atoms with Crippen molar-refractivity contribution in [2.24, 2.45) is 5.92 Å². The number of benzene rings is 3. The fourth-order valence-electron chi connectivity index (χ4n) is 9.09. The quantitative estimate of drug-likeness (QED) is 0.221. The van der Waals surface area contributed by atoms with Crippen molar-refractivity contribution < 1.29 is 28.3 Å². The number of aliphatic hydroxyl groups excluding tert-OH is 1. The van der Waals surface area contributed by atoms with Crippen LogP contribution in [0.5, 0.6) is 0 Å². The minimum atomic E-state index is -3.47. The van der Waals surface area contributed by atoms with Gasteiger partial charge in [0.25, 0.3) is 5.91 Å². The molecule has 0 radical (unpaired) electrons. The molecule has 1 N–H and O–H groups in total. The molecule has 4 aliphatic rings. The van der Waals surface area contributed by atoms with Crippen LogP contribution in [0.3, 0.4) is 0 Å². The van der Waals surface area contributed by atoms with Crippen molar-refractivity contribution in [3.8, 4) is 0 Å². The van der Waals surface area contributed by atoms with Crippen molar-refractivity contribution in [3.63, 3.8) is 0 Å². The molecular weight excluding hydrogens is 650 g/mol. The Bertz CT molecular complexity index is 1760. The molecule has 1 spiro atoms. The topological polar surface area (TPSA) is 90.4 Å². The molecule has 4 heterocycles. The number of carbonyl (C=O) groups excluding carboxylic acids is 3. The Morgan fingerprint density at radius 1 is 0.960 bits per heavy atom. The first-order valence-electron chi connectivity index (χ1n) is 18.2. The number of fused-ring (bicyclic) bond motifs is 3. The summed E-state index contributed by atoms with van der Waals surface area (Å²) in [5.74, 6) is -0.811. The Balaban J connectivity index is 1.16. The van der Waals surface area contributed by atoms with Gasteiger partial charge in [0.15, 0.2) is 5.60 Å². The monoisotopic (exact) mass is 697 g/mol. The van der Waals surface area contributed by atoms with E-state index in [9.17, 15) is 19.5 Å². The molecule has 2 fully saturated rings. The molecule has 0 saturated carbocycles. The highest BCUT2D eigenvalue weighted by Gasteiger charge is 2.67. The summed E-state index contributed by atoms with van der Waals surface area (Å²) in [4.78, 5) is 47.0. The van der Waals surface area contributed by atoms with E-state index in [2.05, 4.69) is 0 Å². The van der Waals surface area contributed by atoms with Gasteiger partial charge in [-0.3, -0.25) is 14.4 Å². The Labute approximate surface area is 295 Å². The van der Waals surface area contributed by atoms with Crippen LogP contribution in [0.15, 0.2) is 72.8 Å². The number of amides is 3. The highest BCUT2D eigenvalue weighted by molar-refractivity contribution is 6.72. The van der Waals surface area contributed by atoms with Gasteiger partial charge in [-0.15, -0.1) is 0 Å². The van der Waals surface area contributed by atoms with Crippen molar-refractivity contribution in [3.05, 3.63) is 95.1 Å². The summed E-state index contributed by atoms with van der Waals surface area (Å²) in [6.07, 6.45) is 4.35. The van der Waals surface area contributed by atoms with Crippen LogP contribution in [0, 0.1) is 5.92 Å². The predicted octanol–water partition coefficient (Wildman–Crippen LogP) is 6.64. The van der Waals surface area contributed by atoms with E-state index in [1.54, 1.807) is 22.9 Å². The maximum atomic E-state index is 16.4. The van der Waals surface area contributed by atoms with Crippen LogP contribution in [0.4, 0.5) is 15.5 Å². The van der Waals surface area contributed by atoms with Gasteiger partial charge in [-0.2, -0.15) is 0 Å². The number of hydrogen-bond acceptors (Lipinski definition) is 5. The molecule has 0 bridgehead atoms. The summed E-state index contributed by atoms with van der Waals surface area (Å²) in [6, 6.07) is 23.0. The number of halogens is 1. The van der Waals surface area contributed by atoms with Crippen molar-refractivity contribution >= 4 is 37.5 Å². The highest BCUT2D eigenvalue weighted by atomic mass is 28.4. The van der Waals surface area contributed by atoms with E-state index >= 15 is 4.11 Å². The number of aliphatic hydroxyl groups is 1. The molecule has 7 rings (SSSR count). The standard InChI is InChI=1S/C40H48FN3O5Si/c1-27-38(50(2,3)41)35(23-37(47)43-25-30-13-8-7-12-29(30)22-32(43)26-45)49-40(27)33-14-9-10-15-34(33)44(39(40)48)24-28-17-19-31(20-18-28)42-21-11-5-4-6-16-36(42)46/h7-10,12-15,17-20,27,32,35,38,45H,4-6,11,16,21-26H2,1-3H3/t27-,32+,35+,38-,40+/m1/s1. The normalized spacial score (nSPS) is 26.9. The highest BCUT2D eigenvalue weighted by Crippen LogP contribution is 2.60. The Kier molecular flexibility index (Phi) is 9.47. The molecule has 10 heteroatoms. The predicted molar refractivity (Wildman–Crippen MR) is 194 cm³/mol. The Hall–Kier alpha value is -3.86. The fraction of sp³-hybridized carbons (Fsp3) is 0.475. The molecule has 3 aromatic carbocycles. The first-order chi connectivity index (χ1) is 24.0. The van der Waals surface area contributed by atoms with Crippen LogP contribution < -0.4 is 9.80 Å². The number of carbonyl (C=O) groups is 3. The number of hydrogen-bond donors (Lipinski definition) is 1.